The van der Waals surface area contributed by atoms with Gasteiger partial charge >= 0.3 is 0 Å². The number of halogens is 1. The molecule has 0 bridgehead atoms. The number of hydrogen-bond acceptors (Lipinski definition) is 3. The van der Waals surface area contributed by atoms with Gasteiger partial charge in [-0.15, -0.1) is 0 Å². The summed E-state index contributed by atoms with van der Waals surface area (Å²) in [6.45, 7) is 1.28. The second-order valence-electron chi connectivity index (χ2n) is 4.74. The van der Waals surface area contributed by atoms with Gasteiger partial charge in [0.1, 0.15) is 17.3 Å². The summed E-state index contributed by atoms with van der Waals surface area (Å²) < 4.78 is 23.9. The Kier molecular flexibility index (Phi) is 5.58. The van der Waals surface area contributed by atoms with Crippen molar-refractivity contribution in [3.63, 3.8) is 0 Å². The molecule has 21 heavy (non-hydrogen) atoms. The zero-order valence-corrected chi connectivity index (χ0v) is 12.4. The number of ether oxygens (including phenoxy) is 2. The molecule has 0 aliphatic heterocycles. The number of rotatable bonds is 7. The zero-order chi connectivity index (χ0) is 15.1. The van der Waals surface area contributed by atoms with Gasteiger partial charge in [-0.1, -0.05) is 18.2 Å². The number of benzene rings is 2. The average Bonchev–Trinajstić information content (AvgIpc) is 2.52. The Balaban J connectivity index is 1.81. The lowest BCUT2D eigenvalue weighted by molar-refractivity contribution is 0.410. The van der Waals surface area contributed by atoms with Gasteiger partial charge in [0.2, 0.25) is 0 Å². The molecule has 0 heterocycles. The number of methoxy groups -OCH3 is 2. The first-order valence-corrected chi connectivity index (χ1v) is 6.89. The third-order valence-corrected chi connectivity index (χ3v) is 3.30. The maximum absolute atomic E-state index is 13.7. The first kappa shape index (κ1) is 15.3. The van der Waals surface area contributed by atoms with Crippen molar-refractivity contribution in [2.75, 3.05) is 20.8 Å². The summed E-state index contributed by atoms with van der Waals surface area (Å²) in [5.41, 5.74) is 1.83. The van der Waals surface area contributed by atoms with Crippen molar-refractivity contribution in [1.82, 2.24) is 5.32 Å². The Bertz CT molecular complexity index is 587. The van der Waals surface area contributed by atoms with E-state index in [-0.39, 0.29) is 5.82 Å². The van der Waals surface area contributed by atoms with Crippen molar-refractivity contribution >= 4 is 0 Å². The molecule has 0 saturated carbocycles. The van der Waals surface area contributed by atoms with E-state index >= 15 is 0 Å². The SMILES string of the molecule is COc1cccc(CCNCc2ccc(OC)cc2F)c1. The van der Waals surface area contributed by atoms with E-state index < -0.39 is 0 Å². The van der Waals surface area contributed by atoms with Crippen LogP contribution in [0.15, 0.2) is 42.5 Å². The second kappa shape index (κ2) is 7.64. The highest BCUT2D eigenvalue weighted by molar-refractivity contribution is 5.29. The molecule has 2 aromatic carbocycles. The van der Waals surface area contributed by atoms with Gasteiger partial charge in [0.05, 0.1) is 14.2 Å². The Morgan fingerprint density at radius 2 is 1.76 bits per heavy atom. The number of hydrogen-bond donors (Lipinski definition) is 1. The Labute approximate surface area is 124 Å². The summed E-state index contributed by atoms with van der Waals surface area (Å²) in [7, 11) is 3.19. The lowest BCUT2D eigenvalue weighted by Crippen LogP contribution is -2.17. The van der Waals surface area contributed by atoms with E-state index in [1.807, 2.05) is 18.2 Å². The molecule has 0 amide bonds. The summed E-state index contributed by atoms with van der Waals surface area (Å²) in [6.07, 6.45) is 0.870. The summed E-state index contributed by atoms with van der Waals surface area (Å²) >= 11 is 0. The van der Waals surface area contributed by atoms with Gasteiger partial charge < -0.3 is 14.8 Å². The minimum absolute atomic E-state index is 0.247. The average molecular weight is 289 g/mol. The zero-order valence-electron chi connectivity index (χ0n) is 12.4. The van der Waals surface area contributed by atoms with Crippen molar-refractivity contribution in [3.05, 3.63) is 59.4 Å². The lowest BCUT2D eigenvalue weighted by atomic mass is 10.1. The molecular weight excluding hydrogens is 269 g/mol. The van der Waals surface area contributed by atoms with Crippen LogP contribution < -0.4 is 14.8 Å². The van der Waals surface area contributed by atoms with Crippen molar-refractivity contribution in [2.24, 2.45) is 0 Å². The third kappa shape index (κ3) is 4.46. The van der Waals surface area contributed by atoms with E-state index in [0.29, 0.717) is 17.9 Å². The molecule has 2 aromatic rings. The molecule has 4 heteroatoms. The van der Waals surface area contributed by atoms with Crippen LogP contribution in [0.4, 0.5) is 4.39 Å². The highest BCUT2D eigenvalue weighted by Gasteiger charge is 2.03. The van der Waals surface area contributed by atoms with Crippen LogP contribution in [0.3, 0.4) is 0 Å². The molecule has 0 aromatic heterocycles. The predicted molar refractivity (Wildman–Crippen MR) is 81.4 cm³/mol. The topological polar surface area (TPSA) is 30.5 Å². The van der Waals surface area contributed by atoms with Gasteiger partial charge in [0, 0.05) is 18.2 Å². The molecule has 0 atom stereocenters. The molecule has 0 aliphatic rings. The summed E-state index contributed by atoms with van der Waals surface area (Å²) in [5, 5.41) is 3.24. The fraction of sp³-hybridized carbons (Fsp3) is 0.294. The van der Waals surface area contributed by atoms with Crippen molar-refractivity contribution in [2.45, 2.75) is 13.0 Å². The van der Waals surface area contributed by atoms with Crippen molar-refractivity contribution < 1.29 is 13.9 Å². The molecular formula is C17H20FNO2. The first-order valence-electron chi connectivity index (χ1n) is 6.89. The molecule has 0 saturated heterocycles. The Morgan fingerprint density at radius 3 is 2.48 bits per heavy atom. The fourth-order valence-corrected chi connectivity index (χ4v) is 2.08. The molecule has 0 unspecified atom stereocenters. The van der Waals surface area contributed by atoms with Crippen LogP contribution >= 0.6 is 0 Å². The normalized spacial score (nSPS) is 10.4. The van der Waals surface area contributed by atoms with Crippen LogP contribution in [0.25, 0.3) is 0 Å². The standard InChI is InChI=1S/C17H20FNO2/c1-20-15-5-3-4-13(10-15)8-9-19-12-14-6-7-16(21-2)11-17(14)18/h3-7,10-11,19H,8-9,12H2,1-2H3. The van der Waals surface area contributed by atoms with Gasteiger partial charge in [-0.25, -0.2) is 4.39 Å². The minimum Gasteiger partial charge on any atom is -0.497 e. The van der Waals surface area contributed by atoms with Crippen LogP contribution in [-0.2, 0) is 13.0 Å². The monoisotopic (exact) mass is 289 g/mol. The Hall–Kier alpha value is -2.07. The lowest BCUT2D eigenvalue weighted by Gasteiger charge is -2.08. The quantitative estimate of drug-likeness (QED) is 0.794. The van der Waals surface area contributed by atoms with E-state index in [4.69, 9.17) is 9.47 Å². The van der Waals surface area contributed by atoms with Gasteiger partial charge in [-0.3, -0.25) is 0 Å². The summed E-state index contributed by atoms with van der Waals surface area (Å²) in [4.78, 5) is 0. The van der Waals surface area contributed by atoms with Crippen LogP contribution in [0.5, 0.6) is 11.5 Å². The smallest absolute Gasteiger partial charge is 0.131 e. The summed E-state index contributed by atoms with van der Waals surface area (Å²) in [6, 6.07) is 12.9. The number of nitrogens with one attached hydrogen (secondary N) is 1. The molecule has 1 N–H and O–H groups in total. The van der Waals surface area contributed by atoms with E-state index in [0.717, 1.165) is 18.7 Å². The third-order valence-electron chi connectivity index (χ3n) is 3.30. The van der Waals surface area contributed by atoms with E-state index in [1.165, 1.54) is 18.7 Å². The molecule has 112 valence electrons. The van der Waals surface area contributed by atoms with Crippen LogP contribution in [0.1, 0.15) is 11.1 Å². The van der Waals surface area contributed by atoms with E-state index in [1.54, 1.807) is 19.2 Å². The maximum Gasteiger partial charge on any atom is 0.131 e. The van der Waals surface area contributed by atoms with Gasteiger partial charge in [0.15, 0.2) is 0 Å². The Morgan fingerprint density at radius 1 is 1.00 bits per heavy atom. The van der Waals surface area contributed by atoms with Gasteiger partial charge in [0.25, 0.3) is 0 Å². The minimum atomic E-state index is -0.247. The van der Waals surface area contributed by atoms with E-state index in [9.17, 15) is 4.39 Å². The highest BCUT2D eigenvalue weighted by atomic mass is 19.1. The highest BCUT2D eigenvalue weighted by Crippen LogP contribution is 2.16. The van der Waals surface area contributed by atoms with Gasteiger partial charge in [-0.2, -0.15) is 0 Å². The largest absolute Gasteiger partial charge is 0.497 e. The van der Waals surface area contributed by atoms with Crippen LogP contribution in [-0.4, -0.2) is 20.8 Å². The second-order valence-corrected chi connectivity index (χ2v) is 4.74. The molecule has 0 fully saturated rings. The molecule has 0 spiro atoms. The maximum atomic E-state index is 13.7. The molecule has 0 radical (unpaired) electrons. The molecule has 2 rings (SSSR count). The van der Waals surface area contributed by atoms with Crippen molar-refractivity contribution in [3.8, 4) is 11.5 Å². The summed E-state index contributed by atoms with van der Waals surface area (Å²) in [5.74, 6) is 1.14. The molecule has 0 aliphatic carbocycles. The van der Waals surface area contributed by atoms with Crippen LogP contribution in [0, 0.1) is 5.82 Å². The molecule has 3 nitrogen and oxygen atoms in total. The van der Waals surface area contributed by atoms with E-state index in [2.05, 4.69) is 11.4 Å². The predicted octanol–water partition coefficient (Wildman–Crippen LogP) is 3.18. The first-order chi connectivity index (χ1) is 10.2. The van der Waals surface area contributed by atoms with Crippen LogP contribution in [0.2, 0.25) is 0 Å². The fourth-order valence-electron chi connectivity index (χ4n) is 2.08. The van der Waals surface area contributed by atoms with Crippen molar-refractivity contribution in [1.29, 1.82) is 0 Å². The van der Waals surface area contributed by atoms with Gasteiger partial charge in [-0.05, 0) is 36.7 Å².